The Morgan fingerprint density at radius 3 is 2.45 bits per heavy atom. The molecular weight excluding hydrogens is 381 g/mol. The first kappa shape index (κ1) is 15.8. The van der Waals surface area contributed by atoms with E-state index < -0.39 is 0 Å². The molecule has 2 aromatic rings. The molecule has 0 aliphatic carbocycles. The molecule has 0 radical (unpaired) electrons. The number of hydrogen-bond acceptors (Lipinski definition) is 1. The number of benzene rings is 2. The molecule has 0 bridgehead atoms. The first-order valence-corrected chi connectivity index (χ1v) is 8.36. The fraction of sp³-hybridized carbons (Fsp3) is 0.294. The minimum atomic E-state index is 0.406. The van der Waals surface area contributed by atoms with Crippen LogP contribution in [0.2, 0.25) is 5.02 Å². The molecule has 1 unspecified atom stereocenters. The number of hydrogen-bond donors (Lipinski definition) is 1. The molecule has 20 heavy (non-hydrogen) atoms. The van der Waals surface area contributed by atoms with Crippen LogP contribution in [-0.4, -0.2) is 13.1 Å². The molecule has 3 heteroatoms. The van der Waals surface area contributed by atoms with E-state index in [2.05, 4.69) is 71.2 Å². The maximum Gasteiger partial charge on any atom is 0.0441 e. The summed E-state index contributed by atoms with van der Waals surface area (Å²) in [6.45, 7) is 4.06. The summed E-state index contributed by atoms with van der Waals surface area (Å²) < 4.78 is 1.27. The fourth-order valence-electron chi connectivity index (χ4n) is 2.32. The van der Waals surface area contributed by atoms with Crippen molar-refractivity contribution in [2.24, 2.45) is 0 Å². The molecule has 0 saturated heterocycles. The summed E-state index contributed by atoms with van der Waals surface area (Å²) in [6, 6.07) is 16.9. The predicted octanol–water partition coefficient (Wildman–Crippen LogP) is 4.88. The largest absolute Gasteiger partial charge is 0.316 e. The maximum absolute atomic E-state index is 6.36. The third-order valence-electron chi connectivity index (χ3n) is 3.38. The van der Waals surface area contributed by atoms with Gasteiger partial charge in [-0.1, -0.05) is 48.9 Å². The maximum atomic E-state index is 6.36. The van der Waals surface area contributed by atoms with Crippen molar-refractivity contribution in [3.8, 4) is 0 Å². The van der Waals surface area contributed by atoms with Crippen molar-refractivity contribution in [3.63, 3.8) is 0 Å². The van der Waals surface area contributed by atoms with Crippen LogP contribution in [-0.2, 0) is 6.42 Å². The van der Waals surface area contributed by atoms with E-state index in [1.165, 1.54) is 14.7 Å². The molecular formula is C17H19ClIN. The van der Waals surface area contributed by atoms with Crippen LogP contribution in [0.5, 0.6) is 0 Å². The summed E-state index contributed by atoms with van der Waals surface area (Å²) in [5, 5.41) is 4.31. The summed E-state index contributed by atoms with van der Waals surface area (Å²) in [6.07, 6.45) is 1.01. The Kier molecular flexibility index (Phi) is 6.33. The number of rotatable bonds is 6. The van der Waals surface area contributed by atoms with Gasteiger partial charge in [-0.15, -0.1) is 0 Å². The predicted molar refractivity (Wildman–Crippen MR) is 95.6 cm³/mol. The van der Waals surface area contributed by atoms with Gasteiger partial charge in [0, 0.05) is 21.1 Å². The van der Waals surface area contributed by atoms with Crippen molar-refractivity contribution in [2.45, 2.75) is 19.3 Å². The molecule has 1 N–H and O–H groups in total. The first-order valence-electron chi connectivity index (χ1n) is 6.90. The van der Waals surface area contributed by atoms with Gasteiger partial charge in [-0.3, -0.25) is 0 Å². The molecule has 106 valence electrons. The summed E-state index contributed by atoms with van der Waals surface area (Å²) in [4.78, 5) is 0. The molecule has 0 heterocycles. The zero-order valence-electron chi connectivity index (χ0n) is 11.6. The number of likely N-dealkylation sites (N-methyl/N-ethyl adjacent to an activating group) is 1. The molecule has 2 aromatic carbocycles. The standard InChI is InChI=1S/C17H19ClIN/c1-2-20-12-14(16-5-3-4-6-17(16)18)11-13-7-9-15(19)10-8-13/h3-10,14,20H,2,11-12H2,1H3. The van der Waals surface area contributed by atoms with Gasteiger partial charge in [0.25, 0.3) is 0 Å². The van der Waals surface area contributed by atoms with Crippen molar-refractivity contribution in [2.75, 3.05) is 13.1 Å². The van der Waals surface area contributed by atoms with Gasteiger partial charge in [0.15, 0.2) is 0 Å². The minimum Gasteiger partial charge on any atom is -0.316 e. The normalized spacial score (nSPS) is 12.3. The van der Waals surface area contributed by atoms with Crippen LogP contribution < -0.4 is 5.32 Å². The van der Waals surface area contributed by atoms with E-state index in [1.54, 1.807) is 0 Å². The first-order chi connectivity index (χ1) is 9.70. The summed E-state index contributed by atoms with van der Waals surface area (Å²) in [7, 11) is 0. The topological polar surface area (TPSA) is 12.0 Å². The van der Waals surface area contributed by atoms with Crippen molar-refractivity contribution in [1.82, 2.24) is 5.32 Å². The smallest absolute Gasteiger partial charge is 0.0441 e. The zero-order chi connectivity index (χ0) is 14.4. The van der Waals surface area contributed by atoms with Gasteiger partial charge in [0.1, 0.15) is 0 Å². The van der Waals surface area contributed by atoms with Crippen molar-refractivity contribution < 1.29 is 0 Å². The second-order valence-electron chi connectivity index (χ2n) is 4.86. The highest BCUT2D eigenvalue weighted by Crippen LogP contribution is 2.27. The highest BCUT2D eigenvalue weighted by atomic mass is 127. The van der Waals surface area contributed by atoms with Crippen LogP contribution >= 0.6 is 34.2 Å². The van der Waals surface area contributed by atoms with Crippen molar-refractivity contribution >= 4 is 34.2 Å². The average molecular weight is 400 g/mol. The van der Waals surface area contributed by atoms with Crippen LogP contribution in [0.3, 0.4) is 0 Å². The summed E-state index contributed by atoms with van der Waals surface area (Å²) >= 11 is 8.70. The van der Waals surface area contributed by atoms with Gasteiger partial charge in [-0.25, -0.2) is 0 Å². The minimum absolute atomic E-state index is 0.406. The Hall–Kier alpha value is -0.580. The highest BCUT2D eigenvalue weighted by molar-refractivity contribution is 14.1. The van der Waals surface area contributed by atoms with Crippen molar-refractivity contribution in [1.29, 1.82) is 0 Å². The van der Waals surface area contributed by atoms with Crippen LogP contribution in [0, 0.1) is 3.57 Å². The van der Waals surface area contributed by atoms with Gasteiger partial charge >= 0.3 is 0 Å². The summed E-state index contributed by atoms with van der Waals surface area (Å²) in [5.74, 6) is 0.406. The zero-order valence-corrected chi connectivity index (χ0v) is 14.5. The van der Waals surface area contributed by atoms with Crippen LogP contribution in [0.1, 0.15) is 24.0 Å². The molecule has 0 amide bonds. The SMILES string of the molecule is CCNCC(Cc1ccc(I)cc1)c1ccccc1Cl. The van der Waals surface area contributed by atoms with Gasteiger partial charge in [-0.2, -0.15) is 0 Å². The number of halogens is 2. The molecule has 1 nitrogen and oxygen atoms in total. The Bertz CT molecular complexity index is 539. The van der Waals surface area contributed by atoms with E-state index in [-0.39, 0.29) is 0 Å². The third kappa shape index (κ3) is 4.47. The lowest BCUT2D eigenvalue weighted by Crippen LogP contribution is -2.23. The van der Waals surface area contributed by atoms with E-state index in [1.807, 2.05) is 12.1 Å². The fourth-order valence-corrected chi connectivity index (χ4v) is 2.97. The molecule has 0 spiro atoms. The second kappa shape index (κ2) is 8.01. The third-order valence-corrected chi connectivity index (χ3v) is 4.44. The van der Waals surface area contributed by atoms with Gasteiger partial charge < -0.3 is 5.32 Å². The van der Waals surface area contributed by atoms with E-state index in [4.69, 9.17) is 11.6 Å². The van der Waals surface area contributed by atoms with E-state index in [0.29, 0.717) is 5.92 Å². The Balaban J connectivity index is 2.19. The van der Waals surface area contributed by atoms with Crippen LogP contribution in [0.4, 0.5) is 0 Å². The monoisotopic (exact) mass is 399 g/mol. The second-order valence-corrected chi connectivity index (χ2v) is 6.51. The molecule has 2 rings (SSSR count). The average Bonchev–Trinajstić information content (AvgIpc) is 2.46. The molecule has 1 atom stereocenters. The molecule has 0 fully saturated rings. The van der Waals surface area contributed by atoms with Crippen LogP contribution in [0.25, 0.3) is 0 Å². The van der Waals surface area contributed by atoms with Gasteiger partial charge in [-0.05, 0) is 64.9 Å². The van der Waals surface area contributed by atoms with E-state index in [9.17, 15) is 0 Å². The number of nitrogens with one attached hydrogen (secondary N) is 1. The molecule has 0 saturated carbocycles. The molecule has 0 aliphatic rings. The van der Waals surface area contributed by atoms with E-state index in [0.717, 1.165) is 24.5 Å². The highest BCUT2D eigenvalue weighted by Gasteiger charge is 2.14. The lowest BCUT2D eigenvalue weighted by molar-refractivity contribution is 0.595. The molecule has 0 aromatic heterocycles. The lowest BCUT2D eigenvalue weighted by atomic mass is 9.92. The Morgan fingerprint density at radius 1 is 1.10 bits per heavy atom. The molecule has 0 aliphatic heterocycles. The van der Waals surface area contributed by atoms with Crippen molar-refractivity contribution in [3.05, 3.63) is 68.3 Å². The quantitative estimate of drug-likeness (QED) is 0.683. The van der Waals surface area contributed by atoms with Crippen LogP contribution in [0.15, 0.2) is 48.5 Å². The van der Waals surface area contributed by atoms with E-state index >= 15 is 0 Å². The lowest BCUT2D eigenvalue weighted by Gasteiger charge is -2.19. The Labute approximate surface area is 139 Å². The summed E-state index contributed by atoms with van der Waals surface area (Å²) in [5.41, 5.74) is 2.59. The van der Waals surface area contributed by atoms with Gasteiger partial charge in [0.2, 0.25) is 0 Å². The Morgan fingerprint density at radius 2 is 1.80 bits per heavy atom. The van der Waals surface area contributed by atoms with Gasteiger partial charge in [0.05, 0.1) is 0 Å².